The highest BCUT2D eigenvalue weighted by Gasteiger charge is 2.25. The first-order valence-corrected chi connectivity index (χ1v) is 5.84. The number of nitrogens with two attached hydrogens (primary N) is 1. The van der Waals surface area contributed by atoms with E-state index in [0.717, 1.165) is 24.4 Å². The van der Waals surface area contributed by atoms with Crippen LogP contribution in [-0.4, -0.2) is 25.6 Å². The van der Waals surface area contributed by atoms with Gasteiger partial charge in [-0.25, -0.2) is 0 Å². The van der Waals surface area contributed by atoms with E-state index < -0.39 is 0 Å². The van der Waals surface area contributed by atoms with E-state index in [2.05, 4.69) is 0 Å². The molecule has 0 aliphatic carbocycles. The van der Waals surface area contributed by atoms with Gasteiger partial charge in [0.25, 0.3) is 0 Å². The smallest absolute Gasteiger partial charge is 0.228 e. The number of fused-ring (bicyclic) bond motifs is 1. The molecule has 1 atom stereocenters. The van der Waals surface area contributed by atoms with E-state index in [0.29, 0.717) is 6.42 Å². The van der Waals surface area contributed by atoms with Crippen LogP contribution >= 0.6 is 0 Å². The highest BCUT2D eigenvalue weighted by molar-refractivity contribution is 5.95. The topological polar surface area (TPSA) is 55.6 Å². The Morgan fingerprint density at radius 1 is 1.59 bits per heavy atom. The summed E-state index contributed by atoms with van der Waals surface area (Å²) in [4.78, 5) is 13.8. The molecule has 2 N–H and O–H groups in total. The minimum Gasteiger partial charge on any atom is -0.497 e. The van der Waals surface area contributed by atoms with Crippen molar-refractivity contribution in [3.63, 3.8) is 0 Å². The van der Waals surface area contributed by atoms with E-state index in [9.17, 15) is 4.79 Å². The monoisotopic (exact) mass is 234 g/mol. The van der Waals surface area contributed by atoms with E-state index in [4.69, 9.17) is 10.5 Å². The van der Waals surface area contributed by atoms with Gasteiger partial charge < -0.3 is 15.4 Å². The lowest BCUT2D eigenvalue weighted by molar-refractivity contribution is -0.118. The van der Waals surface area contributed by atoms with Crippen molar-refractivity contribution < 1.29 is 9.53 Å². The van der Waals surface area contributed by atoms with Gasteiger partial charge in [0.1, 0.15) is 5.75 Å². The summed E-state index contributed by atoms with van der Waals surface area (Å²) in [5, 5.41) is 0. The summed E-state index contributed by atoms with van der Waals surface area (Å²) < 4.78 is 5.18. The van der Waals surface area contributed by atoms with Crippen LogP contribution in [0.4, 0.5) is 5.69 Å². The number of rotatable bonds is 3. The van der Waals surface area contributed by atoms with Crippen LogP contribution in [0.25, 0.3) is 0 Å². The van der Waals surface area contributed by atoms with E-state index in [1.165, 1.54) is 5.56 Å². The quantitative estimate of drug-likeness (QED) is 0.858. The largest absolute Gasteiger partial charge is 0.497 e. The molecule has 0 aromatic heterocycles. The van der Waals surface area contributed by atoms with Crippen LogP contribution in [0.2, 0.25) is 0 Å². The summed E-state index contributed by atoms with van der Waals surface area (Å²) in [7, 11) is 1.65. The summed E-state index contributed by atoms with van der Waals surface area (Å²) in [6.45, 7) is 2.59. The zero-order chi connectivity index (χ0) is 12.4. The number of benzene rings is 1. The normalized spacial score (nSPS) is 15.6. The molecule has 0 radical (unpaired) electrons. The first-order valence-electron chi connectivity index (χ1n) is 5.84. The maximum atomic E-state index is 12.0. The number of carbonyl (C=O) groups is 1. The van der Waals surface area contributed by atoms with Gasteiger partial charge >= 0.3 is 0 Å². The van der Waals surface area contributed by atoms with Gasteiger partial charge in [0.2, 0.25) is 5.91 Å². The first kappa shape index (κ1) is 11.9. The lowest BCUT2D eigenvalue weighted by Crippen LogP contribution is -2.33. The Balaban J connectivity index is 2.19. The minimum atomic E-state index is -0.0928. The summed E-state index contributed by atoms with van der Waals surface area (Å²) in [5.74, 6) is 0.939. The fraction of sp³-hybridized carbons (Fsp3) is 0.462. The Morgan fingerprint density at radius 2 is 2.35 bits per heavy atom. The summed E-state index contributed by atoms with van der Waals surface area (Å²) in [6, 6.07) is 5.73. The number of carbonyl (C=O) groups excluding carboxylic acids is 1. The number of amides is 1. The maximum Gasteiger partial charge on any atom is 0.228 e. The predicted molar refractivity (Wildman–Crippen MR) is 67.3 cm³/mol. The highest BCUT2D eigenvalue weighted by atomic mass is 16.5. The standard InChI is InChI=1S/C13H18N2O2/c1-9(14)7-13(16)15-6-5-10-8-11(17-2)3-4-12(10)15/h3-4,8-9H,5-7,14H2,1-2H3. The second-order valence-electron chi connectivity index (χ2n) is 4.47. The first-order chi connectivity index (χ1) is 8.11. The highest BCUT2D eigenvalue weighted by Crippen LogP contribution is 2.31. The minimum absolute atomic E-state index is 0.0928. The van der Waals surface area contributed by atoms with Gasteiger partial charge in [0, 0.05) is 24.7 Å². The van der Waals surface area contributed by atoms with Crippen molar-refractivity contribution in [2.75, 3.05) is 18.6 Å². The fourth-order valence-electron chi connectivity index (χ4n) is 2.15. The van der Waals surface area contributed by atoms with E-state index >= 15 is 0 Å². The third-order valence-electron chi connectivity index (χ3n) is 2.98. The Hall–Kier alpha value is -1.55. The molecule has 1 heterocycles. The Kier molecular flexibility index (Phi) is 3.33. The molecule has 0 bridgehead atoms. The van der Waals surface area contributed by atoms with Crippen molar-refractivity contribution in [1.82, 2.24) is 0 Å². The molecule has 1 aromatic carbocycles. The van der Waals surface area contributed by atoms with Gasteiger partial charge in [-0.3, -0.25) is 4.79 Å². The van der Waals surface area contributed by atoms with E-state index in [-0.39, 0.29) is 11.9 Å². The number of hydrogen-bond acceptors (Lipinski definition) is 3. The summed E-state index contributed by atoms with van der Waals surface area (Å²) in [5.41, 5.74) is 7.82. The van der Waals surface area contributed by atoms with Gasteiger partial charge in [-0.15, -0.1) is 0 Å². The second-order valence-corrected chi connectivity index (χ2v) is 4.47. The zero-order valence-corrected chi connectivity index (χ0v) is 10.3. The van der Waals surface area contributed by atoms with E-state index in [1.54, 1.807) is 7.11 Å². The number of hydrogen-bond donors (Lipinski definition) is 1. The van der Waals surface area contributed by atoms with E-state index in [1.807, 2.05) is 30.0 Å². The van der Waals surface area contributed by atoms with Crippen molar-refractivity contribution in [3.8, 4) is 5.75 Å². The number of nitrogens with zero attached hydrogens (tertiary/aromatic N) is 1. The van der Waals surface area contributed by atoms with Gasteiger partial charge in [0.05, 0.1) is 7.11 Å². The molecule has 0 saturated carbocycles. The molecule has 1 unspecified atom stereocenters. The molecule has 0 spiro atoms. The molecule has 2 rings (SSSR count). The molecular formula is C13H18N2O2. The van der Waals surface area contributed by atoms with Crippen LogP contribution in [0, 0.1) is 0 Å². The van der Waals surface area contributed by atoms with Gasteiger partial charge in [0.15, 0.2) is 0 Å². The Bertz CT molecular complexity index is 429. The van der Waals surface area contributed by atoms with Crippen molar-refractivity contribution in [1.29, 1.82) is 0 Å². The average molecular weight is 234 g/mol. The molecular weight excluding hydrogens is 216 g/mol. The van der Waals surface area contributed by atoms with Crippen molar-refractivity contribution in [2.24, 2.45) is 5.73 Å². The number of ether oxygens (including phenoxy) is 1. The van der Waals surface area contributed by atoms with Crippen LogP contribution in [0.3, 0.4) is 0 Å². The maximum absolute atomic E-state index is 12.0. The third kappa shape index (κ3) is 2.42. The predicted octanol–water partition coefficient (Wildman–Crippen LogP) is 1.32. The third-order valence-corrected chi connectivity index (χ3v) is 2.98. The lowest BCUT2D eigenvalue weighted by atomic mass is 10.1. The number of anilines is 1. The van der Waals surface area contributed by atoms with Crippen LogP contribution < -0.4 is 15.4 Å². The molecule has 4 nitrogen and oxygen atoms in total. The molecule has 1 aliphatic heterocycles. The molecule has 0 fully saturated rings. The molecule has 1 aliphatic rings. The molecule has 1 amide bonds. The van der Waals surface area contributed by atoms with Crippen molar-refractivity contribution in [2.45, 2.75) is 25.8 Å². The fourth-order valence-corrected chi connectivity index (χ4v) is 2.15. The van der Waals surface area contributed by atoms with Crippen LogP contribution in [0.15, 0.2) is 18.2 Å². The molecule has 17 heavy (non-hydrogen) atoms. The SMILES string of the molecule is COc1ccc2c(c1)CCN2C(=O)CC(C)N. The molecule has 1 aromatic rings. The molecule has 92 valence electrons. The molecule has 4 heteroatoms. The summed E-state index contributed by atoms with van der Waals surface area (Å²) >= 11 is 0. The number of methoxy groups -OCH3 is 1. The Morgan fingerprint density at radius 3 is 3.00 bits per heavy atom. The zero-order valence-electron chi connectivity index (χ0n) is 10.3. The second kappa shape index (κ2) is 4.75. The van der Waals surface area contributed by atoms with Crippen molar-refractivity contribution >= 4 is 11.6 Å². The van der Waals surface area contributed by atoms with Crippen LogP contribution in [0.5, 0.6) is 5.75 Å². The van der Waals surface area contributed by atoms with Crippen LogP contribution in [-0.2, 0) is 11.2 Å². The lowest BCUT2D eigenvalue weighted by Gasteiger charge is -2.18. The van der Waals surface area contributed by atoms with Gasteiger partial charge in [-0.2, -0.15) is 0 Å². The van der Waals surface area contributed by atoms with Crippen molar-refractivity contribution in [3.05, 3.63) is 23.8 Å². The van der Waals surface area contributed by atoms with Gasteiger partial charge in [-0.05, 0) is 37.1 Å². The average Bonchev–Trinajstić information content (AvgIpc) is 2.70. The Labute approximate surface area is 101 Å². The molecule has 0 saturated heterocycles. The van der Waals surface area contributed by atoms with Gasteiger partial charge in [-0.1, -0.05) is 0 Å². The summed E-state index contributed by atoms with van der Waals surface area (Å²) in [6.07, 6.45) is 1.28. The van der Waals surface area contributed by atoms with Crippen LogP contribution in [0.1, 0.15) is 18.9 Å².